The second-order valence-corrected chi connectivity index (χ2v) is 4.34. The molecule has 0 spiro atoms. The van der Waals surface area contributed by atoms with Crippen molar-refractivity contribution in [3.63, 3.8) is 0 Å². The number of rotatable bonds is 9. The Hall–Kier alpha value is -1.06. The van der Waals surface area contributed by atoms with Crippen LogP contribution in [-0.4, -0.2) is 46.3 Å². The van der Waals surface area contributed by atoms with Crippen LogP contribution in [0.1, 0.15) is 25.7 Å². The predicted molar refractivity (Wildman–Crippen MR) is 65.3 cm³/mol. The van der Waals surface area contributed by atoms with Gasteiger partial charge in [-0.2, -0.15) is 0 Å². The summed E-state index contributed by atoms with van der Waals surface area (Å²) in [6, 6.07) is -1.13. The van der Waals surface area contributed by atoms with Gasteiger partial charge < -0.3 is 33.1 Å². The lowest BCUT2D eigenvalue weighted by Crippen LogP contribution is -2.48. The van der Waals surface area contributed by atoms with E-state index in [9.17, 15) is 14.7 Å². The molecular formula is C10H22N4O4. The molecule has 0 fully saturated rings. The monoisotopic (exact) mass is 262 g/mol. The van der Waals surface area contributed by atoms with E-state index in [1.807, 2.05) is 0 Å². The summed E-state index contributed by atoms with van der Waals surface area (Å²) < 4.78 is 0. The second-order valence-electron chi connectivity index (χ2n) is 4.34. The van der Waals surface area contributed by atoms with Crippen molar-refractivity contribution >= 4 is 11.8 Å². The van der Waals surface area contributed by atoms with E-state index < -0.39 is 29.6 Å². The minimum atomic E-state index is -1.76. The first-order valence-electron chi connectivity index (χ1n) is 5.68. The van der Waals surface area contributed by atoms with Crippen molar-refractivity contribution in [2.24, 2.45) is 22.9 Å². The predicted octanol–water partition coefficient (Wildman–Crippen LogP) is -2.54. The molecule has 0 radical (unpaired) electrons. The lowest BCUT2D eigenvalue weighted by Gasteiger charge is -2.26. The van der Waals surface area contributed by atoms with Gasteiger partial charge in [0.05, 0.1) is 6.17 Å². The molecule has 0 saturated carbocycles. The van der Waals surface area contributed by atoms with E-state index in [1.54, 1.807) is 0 Å². The van der Waals surface area contributed by atoms with Crippen LogP contribution in [0, 0.1) is 0 Å². The highest BCUT2D eigenvalue weighted by atomic mass is 16.4. The Kier molecular flexibility index (Phi) is 6.96. The average Bonchev–Trinajstić information content (AvgIpc) is 2.32. The number of nitrogens with two attached hydrogens (primary N) is 4. The highest BCUT2D eigenvalue weighted by Crippen LogP contribution is 2.17. The zero-order valence-electron chi connectivity index (χ0n) is 10.2. The third-order valence-electron chi connectivity index (χ3n) is 2.75. The van der Waals surface area contributed by atoms with Gasteiger partial charge in [0.25, 0.3) is 0 Å². The molecule has 8 nitrogen and oxygen atoms in total. The molecule has 0 amide bonds. The normalized spacial score (nSPS) is 16.3. The Morgan fingerprint density at radius 2 is 1.72 bits per heavy atom. The van der Waals surface area contributed by atoms with Crippen LogP contribution in [0.3, 0.4) is 0 Å². The largest absolute Gasteiger partial charge is 0.480 e. The molecule has 0 aliphatic heterocycles. The van der Waals surface area contributed by atoms with Gasteiger partial charge >= 0.3 is 5.97 Å². The smallest absolute Gasteiger partial charge is 0.320 e. The van der Waals surface area contributed by atoms with Gasteiger partial charge in [0, 0.05) is 13.0 Å². The molecule has 0 aromatic carbocycles. The molecule has 10 N–H and O–H groups in total. The molecule has 8 heteroatoms. The summed E-state index contributed by atoms with van der Waals surface area (Å²) in [5, 5.41) is 18.6. The van der Waals surface area contributed by atoms with Crippen molar-refractivity contribution in [1.29, 1.82) is 0 Å². The number of carboxylic acid groups (broad SMARTS) is 1. The number of carbonyl (C=O) groups is 2. The van der Waals surface area contributed by atoms with Crippen molar-refractivity contribution in [3.8, 4) is 0 Å². The average molecular weight is 262 g/mol. The summed E-state index contributed by atoms with van der Waals surface area (Å²) in [7, 11) is 0. The van der Waals surface area contributed by atoms with Gasteiger partial charge in [-0.1, -0.05) is 0 Å². The number of carbonyl (C=O) groups excluding carboxylic acids is 1. The summed E-state index contributed by atoms with van der Waals surface area (Å²) in [5.74, 6) is -1.69. The van der Waals surface area contributed by atoms with Gasteiger partial charge in [-0.15, -0.1) is 0 Å². The van der Waals surface area contributed by atoms with Crippen LogP contribution in [0.2, 0.25) is 0 Å². The van der Waals surface area contributed by atoms with Crippen LogP contribution < -0.4 is 22.9 Å². The standard InChI is InChI=1S/C10H22N4O4/c11-5-10(18,4-3-6(12)9(16)17)7(15)1-2-8(13)14/h6,8,18H,1-5,11-14H2,(H,16,17)/t6-,10+/m0/s1. The fourth-order valence-electron chi connectivity index (χ4n) is 1.40. The minimum absolute atomic E-state index is 0.00627. The van der Waals surface area contributed by atoms with Crippen LogP contribution in [0.15, 0.2) is 0 Å². The Labute approximate surface area is 105 Å². The number of carboxylic acids is 1. The summed E-state index contributed by atoms with van der Waals surface area (Å²) in [5.41, 5.74) is 19.5. The molecule has 0 rings (SSSR count). The molecular weight excluding hydrogens is 240 g/mol. The SMILES string of the molecule is NC[C@](O)(CC[C@H](N)C(=O)O)C(=O)CCC(N)N. The Balaban J connectivity index is 4.41. The summed E-state index contributed by atoms with van der Waals surface area (Å²) in [6.45, 7) is -0.294. The first-order chi connectivity index (χ1) is 8.23. The number of aliphatic hydroxyl groups is 1. The van der Waals surface area contributed by atoms with Crippen LogP contribution in [0.5, 0.6) is 0 Å². The first-order valence-corrected chi connectivity index (χ1v) is 5.68. The quantitative estimate of drug-likeness (QED) is 0.246. The summed E-state index contributed by atoms with van der Waals surface area (Å²) in [4.78, 5) is 22.3. The van der Waals surface area contributed by atoms with Crippen LogP contribution >= 0.6 is 0 Å². The van der Waals surface area contributed by atoms with Gasteiger partial charge in [-0.3, -0.25) is 9.59 Å². The molecule has 0 aliphatic carbocycles. The van der Waals surface area contributed by atoms with Gasteiger partial charge in [-0.05, 0) is 19.3 Å². The van der Waals surface area contributed by atoms with Gasteiger partial charge in [0.1, 0.15) is 11.6 Å². The zero-order valence-corrected chi connectivity index (χ0v) is 10.2. The first kappa shape index (κ1) is 16.9. The zero-order chi connectivity index (χ0) is 14.3. The van der Waals surface area contributed by atoms with E-state index in [1.165, 1.54) is 0 Å². The topological polar surface area (TPSA) is 179 Å². The van der Waals surface area contributed by atoms with E-state index in [2.05, 4.69) is 0 Å². The van der Waals surface area contributed by atoms with Crippen molar-refractivity contribution in [2.75, 3.05) is 6.54 Å². The van der Waals surface area contributed by atoms with Crippen LogP contribution in [0.4, 0.5) is 0 Å². The van der Waals surface area contributed by atoms with Crippen molar-refractivity contribution in [3.05, 3.63) is 0 Å². The molecule has 106 valence electrons. The van der Waals surface area contributed by atoms with Gasteiger partial charge in [0.2, 0.25) is 0 Å². The highest BCUT2D eigenvalue weighted by molar-refractivity contribution is 5.87. The molecule has 0 aromatic rings. The lowest BCUT2D eigenvalue weighted by molar-refractivity contribution is -0.141. The van der Waals surface area contributed by atoms with Crippen LogP contribution in [0.25, 0.3) is 0 Å². The summed E-state index contributed by atoms with van der Waals surface area (Å²) >= 11 is 0. The molecule has 18 heavy (non-hydrogen) atoms. The van der Waals surface area contributed by atoms with E-state index in [0.717, 1.165) is 0 Å². The van der Waals surface area contributed by atoms with Crippen molar-refractivity contribution < 1.29 is 19.8 Å². The Morgan fingerprint density at radius 1 is 1.17 bits per heavy atom. The molecule has 0 heterocycles. The third kappa shape index (κ3) is 5.52. The maximum absolute atomic E-state index is 11.8. The number of hydrogen-bond donors (Lipinski definition) is 6. The fourth-order valence-corrected chi connectivity index (χ4v) is 1.40. The number of aliphatic carboxylic acids is 1. The molecule has 0 aromatic heterocycles. The van der Waals surface area contributed by atoms with Gasteiger partial charge in [0.15, 0.2) is 5.78 Å². The minimum Gasteiger partial charge on any atom is -0.480 e. The maximum Gasteiger partial charge on any atom is 0.320 e. The molecule has 2 atom stereocenters. The van der Waals surface area contributed by atoms with E-state index >= 15 is 0 Å². The van der Waals surface area contributed by atoms with E-state index in [-0.39, 0.29) is 32.2 Å². The number of hydrogen-bond acceptors (Lipinski definition) is 7. The molecule has 0 bridgehead atoms. The maximum atomic E-state index is 11.8. The van der Waals surface area contributed by atoms with E-state index in [0.29, 0.717) is 0 Å². The van der Waals surface area contributed by atoms with Gasteiger partial charge in [-0.25, -0.2) is 0 Å². The Bertz CT molecular complexity index is 298. The number of ketones is 1. The summed E-state index contributed by atoms with van der Waals surface area (Å²) in [6.07, 6.45) is -0.559. The molecule has 0 aliphatic rings. The van der Waals surface area contributed by atoms with Crippen LogP contribution in [-0.2, 0) is 9.59 Å². The third-order valence-corrected chi connectivity index (χ3v) is 2.75. The fraction of sp³-hybridized carbons (Fsp3) is 0.800. The van der Waals surface area contributed by atoms with Crippen molar-refractivity contribution in [2.45, 2.75) is 43.5 Å². The Morgan fingerprint density at radius 3 is 2.11 bits per heavy atom. The van der Waals surface area contributed by atoms with Crippen molar-refractivity contribution in [1.82, 2.24) is 0 Å². The highest BCUT2D eigenvalue weighted by Gasteiger charge is 2.34. The number of Topliss-reactive ketones (excluding diaryl/α,β-unsaturated/α-hetero) is 1. The van der Waals surface area contributed by atoms with E-state index in [4.69, 9.17) is 28.0 Å². The lowest BCUT2D eigenvalue weighted by atomic mass is 9.88. The molecule has 0 unspecified atom stereocenters. The second kappa shape index (κ2) is 7.39. The molecule has 0 saturated heterocycles.